The number of alkyl halides is 3. The van der Waals surface area contributed by atoms with Gasteiger partial charge in [-0.15, -0.1) is 0 Å². The van der Waals surface area contributed by atoms with Crippen molar-refractivity contribution < 1.29 is 22.8 Å². The number of nitrogens with one attached hydrogen (secondary N) is 1. The summed E-state index contributed by atoms with van der Waals surface area (Å²) in [5.74, 6) is -2.22. The maximum absolute atomic E-state index is 13.1. The van der Waals surface area contributed by atoms with Gasteiger partial charge in [0.25, 0.3) is 0 Å². The molecule has 0 aromatic heterocycles. The molecule has 5 rings (SSSR count). The Bertz CT molecular complexity index is 1430. The van der Waals surface area contributed by atoms with Crippen LogP contribution in [0.1, 0.15) is 48.3 Å². The van der Waals surface area contributed by atoms with Gasteiger partial charge in [0.15, 0.2) is 0 Å². The van der Waals surface area contributed by atoms with E-state index < -0.39 is 12.1 Å². The van der Waals surface area contributed by atoms with E-state index in [1.807, 2.05) is 54.6 Å². The zero-order chi connectivity index (χ0) is 24.0. The molecule has 0 saturated heterocycles. The first-order valence-electron chi connectivity index (χ1n) is 11.2. The zero-order valence-corrected chi connectivity index (χ0v) is 18.4. The Balaban J connectivity index is 1.83. The van der Waals surface area contributed by atoms with Crippen LogP contribution in [0.2, 0.25) is 0 Å². The largest absolute Gasteiger partial charge is 0.471 e. The minimum atomic E-state index is -5.00. The normalized spacial score (nSPS) is 18.0. The van der Waals surface area contributed by atoms with Crippen molar-refractivity contribution >= 4 is 38.9 Å². The average molecular weight is 461 g/mol. The molecule has 0 bridgehead atoms. The van der Waals surface area contributed by atoms with E-state index in [-0.39, 0.29) is 23.3 Å². The molecular formula is C28H22F3NO2. The maximum atomic E-state index is 13.1. The highest BCUT2D eigenvalue weighted by Gasteiger charge is 2.39. The fourth-order valence-electron chi connectivity index (χ4n) is 5.28. The molecule has 0 heterocycles. The number of carbonyl (C=O) groups is 2. The van der Waals surface area contributed by atoms with Crippen LogP contribution in [0.3, 0.4) is 0 Å². The molecule has 2 atom stereocenters. The first kappa shape index (κ1) is 22.1. The minimum absolute atomic E-state index is 0.0113. The van der Waals surface area contributed by atoms with Gasteiger partial charge in [-0.25, -0.2) is 0 Å². The van der Waals surface area contributed by atoms with Gasteiger partial charge in [-0.3, -0.25) is 9.59 Å². The van der Waals surface area contributed by atoms with E-state index in [9.17, 15) is 22.8 Å². The van der Waals surface area contributed by atoms with E-state index in [4.69, 9.17) is 0 Å². The number of ketones is 1. The van der Waals surface area contributed by atoms with Crippen molar-refractivity contribution in [1.82, 2.24) is 0 Å². The molecule has 3 nitrogen and oxygen atoms in total. The fraction of sp³-hybridized carbons (Fsp3) is 0.214. The lowest BCUT2D eigenvalue weighted by molar-refractivity contribution is -0.167. The first-order chi connectivity index (χ1) is 16.3. The van der Waals surface area contributed by atoms with Gasteiger partial charge in [0, 0.05) is 22.9 Å². The second-order valence-corrected chi connectivity index (χ2v) is 8.79. The number of Topliss-reactive ketones (excluding diaryl/α,β-unsaturated/α-hetero) is 1. The summed E-state index contributed by atoms with van der Waals surface area (Å²) in [4.78, 5) is 24.3. The number of fused-ring (bicyclic) bond motifs is 5. The Morgan fingerprint density at radius 2 is 1.47 bits per heavy atom. The van der Waals surface area contributed by atoms with Gasteiger partial charge in [0.05, 0.1) is 0 Å². The molecule has 1 aliphatic rings. The highest BCUT2D eigenvalue weighted by molar-refractivity contribution is 6.16. The Kier molecular flexibility index (Phi) is 5.39. The standard InChI is InChI=1S/C28H22F3NO2/c1-16(33)18-11-12-19(17-7-3-2-4-8-17)26-23(18)14-13-21-20-9-5-6-10-22(20)25(15-24(21)26)32-27(34)28(29,30)31/h2-10,13-15,18-19H,11-12H2,1H3,(H,32,34). The third-order valence-electron chi connectivity index (χ3n) is 6.78. The van der Waals surface area contributed by atoms with Gasteiger partial charge >= 0.3 is 12.1 Å². The number of carbonyl (C=O) groups excluding carboxylic acids is 2. The molecule has 1 aliphatic carbocycles. The molecule has 2 unspecified atom stereocenters. The maximum Gasteiger partial charge on any atom is 0.471 e. The third kappa shape index (κ3) is 3.73. The van der Waals surface area contributed by atoms with Gasteiger partial charge < -0.3 is 5.32 Å². The van der Waals surface area contributed by atoms with E-state index in [0.29, 0.717) is 11.8 Å². The Hall–Kier alpha value is -3.67. The molecule has 172 valence electrons. The average Bonchev–Trinajstić information content (AvgIpc) is 2.83. The van der Waals surface area contributed by atoms with E-state index in [1.165, 1.54) is 0 Å². The number of amides is 1. The van der Waals surface area contributed by atoms with E-state index in [1.54, 1.807) is 25.1 Å². The van der Waals surface area contributed by atoms with Crippen molar-refractivity contribution in [2.45, 2.75) is 37.8 Å². The van der Waals surface area contributed by atoms with E-state index in [2.05, 4.69) is 5.32 Å². The minimum Gasteiger partial charge on any atom is -0.318 e. The predicted molar refractivity (Wildman–Crippen MR) is 127 cm³/mol. The third-order valence-corrected chi connectivity index (χ3v) is 6.78. The zero-order valence-electron chi connectivity index (χ0n) is 18.4. The van der Waals surface area contributed by atoms with Crippen LogP contribution in [0.15, 0.2) is 72.8 Å². The molecule has 34 heavy (non-hydrogen) atoms. The Morgan fingerprint density at radius 3 is 2.15 bits per heavy atom. The monoisotopic (exact) mass is 461 g/mol. The van der Waals surface area contributed by atoms with Crippen molar-refractivity contribution in [3.63, 3.8) is 0 Å². The van der Waals surface area contributed by atoms with Crippen LogP contribution >= 0.6 is 0 Å². The molecule has 1 amide bonds. The van der Waals surface area contributed by atoms with Gasteiger partial charge in [-0.2, -0.15) is 13.2 Å². The summed E-state index contributed by atoms with van der Waals surface area (Å²) in [6.07, 6.45) is -3.55. The summed E-state index contributed by atoms with van der Waals surface area (Å²) in [7, 11) is 0. The summed E-state index contributed by atoms with van der Waals surface area (Å²) in [5.41, 5.74) is 3.05. The summed E-state index contributed by atoms with van der Waals surface area (Å²) >= 11 is 0. The number of benzene rings is 4. The topological polar surface area (TPSA) is 46.2 Å². The van der Waals surface area contributed by atoms with Crippen LogP contribution in [0.4, 0.5) is 18.9 Å². The van der Waals surface area contributed by atoms with Gasteiger partial charge in [0.1, 0.15) is 5.78 Å². The highest BCUT2D eigenvalue weighted by atomic mass is 19.4. The molecule has 0 saturated carbocycles. The number of hydrogen-bond donors (Lipinski definition) is 1. The van der Waals surface area contributed by atoms with Crippen molar-refractivity contribution in [3.05, 3.63) is 89.5 Å². The molecule has 1 N–H and O–H groups in total. The first-order valence-corrected chi connectivity index (χ1v) is 11.2. The SMILES string of the molecule is CC(=O)C1CCC(c2ccccc2)c2c1ccc1c2cc(NC(=O)C(F)(F)F)c2ccccc21. The second-order valence-electron chi connectivity index (χ2n) is 8.79. The number of rotatable bonds is 3. The summed E-state index contributed by atoms with van der Waals surface area (Å²) in [6, 6.07) is 22.6. The van der Waals surface area contributed by atoms with E-state index in [0.717, 1.165) is 39.3 Å². The van der Waals surface area contributed by atoms with E-state index >= 15 is 0 Å². The molecule has 4 aromatic carbocycles. The molecule has 0 fully saturated rings. The predicted octanol–water partition coefficient (Wildman–Crippen LogP) is 7.09. The molecule has 4 aromatic rings. The van der Waals surface area contributed by atoms with Gasteiger partial charge in [-0.1, -0.05) is 66.7 Å². The molecule has 0 spiro atoms. The Labute approximate surface area is 194 Å². The van der Waals surface area contributed by atoms with Crippen LogP contribution < -0.4 is 5.32 Å². The lowest BCUT2D eigenvalue weighted by atomic mass is 9.71. The quantitative estimate of drug-likeness (QED) is 0.331. The van der Waals surface area contributed by atoms with Crippen LogP contribution in [-0.2, 0) is 9.59 Å². The summed E-state index contributed by atoms with van der Waals surface area (Å²) < 4.78 is 39.3. The highest BCUT2D eigenvalue weighted by Crippen LogP contribution is 2.47. The second kappa shape index (κ2) is 8.28. The summed E-state index contributed by atoms with van der Waals surface area (Å²) in [6.45, 7) is 1.58. The van der Waals surface area contributed by atoms with Crippen LogP contribution in [0.5, 0.6) is 0 Å². The van der Waals surface area contributed by atoms with Crippen LogP contribution in [0.25, 0.3) is 21.5 Å². The van der Waals surface area contributed by atoms with Crippen LogP contribution in [0, 0.1) is 0 Å². The molecule has 0 radical (unpaired) electrons. The van der Waals surface area contributed by atoms with Crippen molar-refractivity contribution in [3.8, 4) is 0 Å². The van der Waals surface area contributed by atoms with Crippen molar-refractivity contribution in [2.75, 3.05) is 5.32 Å². The fourth-order valence-corrected chi connectivity index (χ4v) is 5.28. The number of anilines is 1. The van der Waals surface area contributed by atoms with Gasteiger partial charge in [0.2, 0.25) is 0 Å². The molecule has 0 aliphatic heterocycles. The lowest BCUT2D eigenvalue weighted by Gasteiger charge is -2.32. The number of hydrogen-bond acceptors (Lipinski definition) is 2. The summed E-state index contributed by atoms with van der Waals surface area (Å²) in [5, 5.41) is 5.00. The number of halogens is 3. The molecule has 6 heteroatoms. The Morgan fingerprint density at radius 1 is 0.824 bits per heavy atom. The van der Waals surface area contributed by atoms with Crippen LogP contribution in [-0.4, -0.2) is 17.9 Å². The van der Waals surface area contributed by atoms with Crippen molar-refractivity contribution in [1.29, 1.82) is 0 Å². The van der Waals surface area contributed by atoms with Gasteiger partial charge in [-0.05, 0) is 58.7 Å². The van der Waals surface area contributed by atoms with Crippen molar-refractivity contribution in [2.24, 2.45) is 0 Å². The lowest BCUT2D eigenvalue weighted by Crippen LogP contribution is -2.30. The smallest absolute Gasteiger partial charge is 0.318 e. The molecular weight excluding hydrogens is 439 g/mol.